The minimum atomic E-state index is -0.0402. The summed E-state index contributed by atoms with van der Waals surface area (Å²) in [6.45, 7) is 2.56. The van der Waals surface area contributed by atoms with Crippen molar-refractivity contribution in [1.29, 1.82) is 0 Å². The van der Waals surface area contributed by atoms with Crippen LogP contribution in [0.1, 0.15) is 18.7 Å². The standard InChI is InChI=1S/C16H16ClO3P.Li.H/c1-3-20-11-7-9-12(10-8-11)21-16(18)15-13(17)5-4-6-14(15)19-2;;/h4-10,21H,3H2,1-2H3;;/q;+1;-1. The van der Waals surface area contributed by atoms with Crippen molar-refractivity contribution >= 4 is 31.0 Å². The predicted octanol–water partition coefficient (Wildman–Crippen LogP) is 1.01. The Morgan fingerprint density at radius 1 is 1.23 bits per heavy atom. The summed E-state index contributed by atoms with van der Waals surface area (Å²) in [7, 11) is 1.52. The Morgan fingerprint density at radius 3 is 2.50 bits per heavy atom. The zero-order valence-corrected chi connectivity index (χ0v) is 14.6. The number of ether oxygens (including phenoxy) is 2. The fraction of sp³-hybridized carbons (Fsp3) is 0.188. The van der Waals surface area contributed by atoms with Gasteiger partial charge in [-0.15, -0.1) is 0 Å². The van der Waals surface area contributed by atoms with Gasteiger partial charge in [0.2, 0.25) is 0 Å². The third-order valence-corrected chi connectivity index (χ3v) is 4.26. The van der Waals surface area contributed by atoms with Gasteiger partial charge in [-0.3, -0.25) is 4.79 Å². The van der Waals surface area contributed by atoms with Crippen LogP contribution in [0.4, 0.5) is 0 Å². The fourth-order valence-electron chi connectivity index (χ4n) is 1.89. The molecule has 6 heteroatoms. The van der Waals surface area contributed by atoms with Crippen LogP contribution in [0.25, 0.3) is 0 Å². The molecule has 0 bridgehead atoms. The smallest absolute Gasteiger partial charge is 1.00 e. The molecule has 0 aliphatic heterocycles. The Labute approximate surface area is 150 Å². The molecule has 0 saturated heterocycles. The van der Waals surface area contributed by atoms with Crippen molar-refractivity contribution in [3.63, 3.8) is 0 Å². The molecule has 0 fully saturated rings. The molecule has 2 aromatic carbocycles. The maximum atomic E-state index is 12.4. The minimum Gasteiger partial charge on any atom is -1.00 e. The summed E-state index contributed by atoms with van der Waals surface area (Å²) < 4.78 is 10.6. The number of rotatable bonds is 6. The van der Waals surface area contributed by atoms with E-state index in [0.29, 0.717) is 22.9 Å². The van der Waals surface area contributed by atoms with Crippen LogP contribution in [0.3, 0.4) is 0 Å². The molecule has 0 N–H and O–H groups in total. The molecule has 3 nitrogen and oxygen atoms in total. The number of halogens is 1. The maximum Gasteiger partial charge on any atom is 1.00 e. The van der Waals surface area contributed by atoms with Crippen molar-refractivity contribution in [2.24, 2.45) is 0 Å². The number of carbonyl (C=O) groups excluding carboxylic acids is 1. The number of hydrogen-bond acceptors (Lipinski definition) is 3. The number of carbonyl (C=O) groups is 1. The van der Waals surface area contributed by atoms with Crippen LogP contribution in [-0.2, 0) is 0 Å². The Hall–Kier alpha value is -0.973. The van der Waals surface area contributed by atoms with Crippen molar-refractivity contribution in [2.45, 2.75) is 6.92 Å². The number of hydrogen-bond donors (Lipinski definition) is 0. The molecular weight excluding hydrogens is 314 g/mol. The monoisotopic (exact) mass is 330 g/mol. The second-order valence-electron chi connectivity index (χ2n) is 4.23. The van der Waals surface area contributed by atoms with Gasteiger partial charge in [0.15, 0.2) is 5.52 Å². The molecule has 0 aromatic heterocycles. The Balaban J connectivity index is 0.00000242. The van der Waals surface area contributed by atoms with Gasteiger partial charge in [-0.05, 0) is 45.1 Å². The van der Waals surface area contributed by atoms with Gasteiger partial charge in [0, 0.05) is 0 Å². The largest absolute Gasteiger partial charge is 1.00 e. The van der Waals surface area contributed by atoms with Crippen molar-refractivity contribution in [3.05, 3.63) is 53.1 Å². The van der Waals surface area contributed by atoms with Crippen LogP contribution in [0, 0.1) is 0 Å². The molecule has 112 valence electrons. The molecule has 0 aliphatic carbocycles. The molecule has 1 atom stereocenters. The van der Waals surface area contributed by atoms with E-state index in [-0.39, 0.29) is 34.4 Å². The van der Waals surface area contributed by atoms with Gasteiger partial charge >= 0.3 is 18.9 Å². The zero-order chi connectivity index (χ0) is 15.2. The molecule has 0 spiro atoms. The molecule has 1 unspecified atom stereocenters. The fourth-order valence-corrected chi connectivity index (χ4v) is 3.20. The Kier molecular flexibility index (Phi) is 8.00. The van der Waals surface area contributed by atoms with E-state index in [0.717, 1.165) is 11.1 Å². The third kappa shape index (κ3) is 4.76. The van der Waals surface area contributed by atoms with Gasteiger partial charge in [0.25, 0.3) is 0 Å². The van der Waals surface area contributed by atoms with Crippen LogP contribution >= 0.6 is 20.2 Å². The van der Waals surface area contributed by atoms with Crippen molar-refractivity contribution in [1.82, 2.24) is 0 Å². The van der Waals surface area contributed by atoms with Crippen LogP contribution in [0.5, 0.6) is 11.5 Å². The summed E-state index contributed by atoms with van der Waals surface area (Å²) >= 11 is 6.12. The van der Waals surface area contributed by atoms with Gasteiger partial charge in [0.1, 0.15) is 11.5 Å². The van der Waals surface area contributed by atoms with Crippen molar-refractivity contribution in [2.75, 3.05) is 13.7 Å². The van der Waals surface area contributed by atoms with E-state index >= 15 is 0 Å². The topological polar surface area (TPSA) is 35.5 Å². The number of methoxy groups -OCH3 is 1. The summed E-state index contributed by atoms with van der Waals surface area (Å²) in [5, 5.41) is 1.35. The average Bonchev–Trinajstić information content (AvgIpc) is 2.49. The molecule has 0 heterocycles. The Morgan fingerprint density at radius 2 is 1.91 bits per heavy atom. The van der Waals surface area contributed by atoms with Gasteiger partial charge in [-0.2, -0.15) is 0 Å². The van der Waals surface area contributed by atoms with Crippen LogP contribution in [-0.4, -0.2) is 19.2 Å². The van der Waals surface area contributed by atoms with E-state index in [1.165, 1.54) is 7.11 Å². The predicted molar refractivity (Wildman–Crippen MR) is 89.0 cm³/mol. The first kappa shape index (κ1) is 19.1. The van der Waals surface area contributed by atoms with Crippen LogP contribution < -0.4 is 33.6 Å². The molecule has 0 aliphatic rings. The Bertz CT molecular complexity index is 638. The van der Waals surface area contributed by atoms with Crippen molar-refractivity contribution in [3.8, 4) is 11.5 Å². The molecule has 0 radical (unpaired) electrons. The average molecular weight is 331 g/mol. The second-order valence-corrected chi connectivity index (χ2v) is 5.92. The van der Waals surface area contributed by atoms with E-state index in [9.17, 15) is 4.79 Å². The summed E-state index contributed by atoms with van der Waals surface area (Å²) in [4.78, 5) is 12.4. The molecule has 2 aromatic rings. The minimum absolute atomic E-state index is 0. The van der Waals surface area contributed by atoms with E-state index in [4.69, 9.17) is 21.1 Å². The SMILES string of the molecule is CCOc1ccc(PC(=O)c2c(Cl)cccc2OC)cc1.[H-].[Li+]. The van der Waals surface area contributed by atoms with E-state index in [2.05, 4.69) is 0 Å². The summed E-state index contributed by atoms with van der Waals surface area (Å²) in [5.74, 6) is 1.31. The van der Waals surface area contributed by atoms with Crippen molar-refractivity contribution < 1.29 is 34.6 Å². The maximum absolute atomic E-state index is 12.4. The molecule has 0 saturated carbocycles. The van der Waals surface area contributed by atoms with E-state index < -0.39 is 0 Å². The summed E-state index contributed by atoms with van der Waals surface area (Å²) in [5.41, 5.74) is 0.399. The van der Waals surface area contributed by atoms with Crippen LogP contribution in [0.15, 0.2) is 42.5 Å². The van der Waals surface area contributed by atoms with Crippen LogP contribution in [0.2, 0.25) is 5.02 Å². The molecule has 0 amide bonds. The normalized spacial score (nSPS) is 10.3. The summed E-state index contributed by atoms with van der Waals surface area (Å²) in [6, 6.07) is 12.7. The van der Waals surface area contributed by atoms with Gasteiger partial charge in [-0.1, -0.05) is 29.8 Å². The quantitative estimate of drug-likeness (QED) is 0.586. The first-order valence-corrected chi connectivity index (χ1v) is 7.90. The number of benzene rings is 2. The van der Waals surface area contributed by atoms with E-state index in [1.54, 1.807) is 18.2 Å². The molecule has 22 heavy (non-hydrogen) atoms. The van der Waals surface area contributed by atoms with Gasteiger partial charge in [0.05, 0.1) is 24.3 Å². The molecular formula is C16H17ClLiO3P. The van der Waals surface area contributed by atoms with E-state index in [1.807, 2.05) is 31.2 Å². The van der Waals surface area contributed by atoms with Gasteiger partial charge < -0.3 is 10.9 Å². The third-order valence-electron chi connectivity index (χ3n) is 2.85. The first-order valence-electron chi connectivity index (χ1n) is 6.52. The molecule has 2 rings (SSSR count). The summed E-state index contributed by atoms with van der Waals surface area (Å²) in [6.07, 6.45) is 0. The van der Waals surface area contributed by atoms with Gasteiger partial charge in [-0.25, -0.2) is 0 Å². The first-order chi connectivity index (χ1) is 10.2. The second kappa shape index (κ2) is 9.23. The zero-order valence-electron chi connectivity index (χ0n) is 13.9.